The molecule has 1 heteroatoms. The van der Waals surface area contributed by atoms with Gasteiger partial charge in [0, 0.05) is 3.57 Å². The van der Waals surface area contributed by atoms with Gasteiger partial charge >= 0.3 is 0 Å². The summed E-state index contributed by atoms with van der Waals surface area (Å²) in [5.74, 6) is 0. The zero-order chi connectivity index (χ0) is 14.2. The van der Waals surface area contributed by atoms with Crippen molar-refractivity contribution in [3.63, 3.8) is 0 Å². The van der Waals surface area contributed by atoms with Crippen molar-refractivity contribution in [3.05, 3.63) is 94.1 Å². The third-order valence-electron chi connectivity index (χ3n) is 2.96. The van der Waals surface area contributed by atoms with Crippen LogP contribution >= 0.6 is 22.6 Å². The molecule has 0 fully saturated rings. The summed E-state index contributed by atoms with van der Waals surface area (Å²) in [5.41, 5.74) is 3.94. The normalized spacial score (nSPS) is 9.50. The molecule has 0 saturated heterocycles. The predicted molar refractivity (Wildman–Crippen MR) is 95.8 cm³/mol. The number of hydrogen-bond acceptors (Lipinski definition) is 0. The largest absolute Gasteiger partial charge is 0.0622 e. The summed E-state index contributed by atoms with van der Waals surface area (Å²) in [4.78, 5) is 0. The summed E-state index contributed by atoms with van der Waals surface area (Å²) in [5, 5.41) is 0. The summed E-state index contributed by atoms with van der Waals surface area (Å²) in [6.45, 7) is 2.14. The van der Waals surface area contributed by atoms with Crippen molar-refractivity contribution in [1.29, 1.82) is 0 Å². The highest BCUT2D eigenvalue weighted by molar-refractivity contribution is 14.1. The zero-order valence-electron chi connectivity index (χ0n) is 11.5. The first-order chi connectivity index (χ1) is 9.77. The quantitative estimate of drug-likeness (QED) is 0.463. The van der Waals surface area contributed by atoms with E-state index in [0.717, 1.165) is 0 Å². The van der Waals surface area contributed by atoms with Gasteiger partial charge in [0.1, 0.15) is 0 Å². The highest BCUT2D eigenvalue weighted by Crippen LogP contribution is 2.21. The van der Waals surface area contributed by atoms with Crippen LogP contribution < -0.4 is 0 Å². The zero-order valence-corrected chi connectivity index (χ0v) is 13.6. The molecule has 0 aliphatic rings. The molecule has 0 spiro atoms. The van der Waals surface area contributed by atoms with Gasteiger partial charge in [-0.25, -0.2) is 0 Å². The summed E-state index contributed by atoms with van der Waals surface area (Å²) in [7, 11) is 0. The van der Waals surface area contributed by atoms with Crippen molar-refractivity contribution in [3.8, 4) is 11.1 Å². The van der Waals surface area contributed by atoms with Crippen LogP contribution in [0.5, 0.6) is 0 Å². The molecule has 100 valence electrons. The van der Waals surface area contributed by atoms with Gasteiger partial charge in [-0.05, 0) is 58.3 Å². The van der Waals surface area contributed by atoms with Gasteiger partial charge in [-0.15, -0.1) is 0 Å². The maximum absolute atomic E-state index is 2.28. The minimum Gasteiger partial charge on any atom is -0.0622 e. The minimum atomic E-state index is 1.29. The van der Waals surface area contributed by atoms with E-state index in [1.165, 1.54) is 20.3 Å². The van der Waals surface area contributed by atoms with Crippen LogP contribution in [0.3, 0.4) is 0 Å². The molecule has 3 rings (SSSR count). The van der Waals surface area contributed by atoms with E-state index in [-0.39, 0.29) is 0 Å². The van der Waals surface area contributed by atoms with Gasteiger partial charge in [-0.1, -0.05) is 72.8 Å². The van der Waals surface area contributed by atoms with Gasteiger partial charge in [-0.2, -0.15) is 0 Å². The van der Waals surface area contributed by atoms with E-state index in [1.807, 2.05) is 24.3 Å². The molecule has 0 aromatic heterocycles. The monoisotopic (exact) mass is 372 g/mol. The smallest absolute Gasteiger partial charge is 0.0130 e. The summed E-state index contributed by atoms with van der Waals surface area (Å²) < 4.78 is 1.29. The van der Waals surface area contributed by atoms with Gasteiger partial charge in [-0.3, -0.25) is 0 Å². The van der Waals surface area contributed by atoms with Crippen molar-refractivity contribution in [2.24, 2.45) is 0 Å². The molecule has 0 saturated carbocycles. The van der Waals surface area contributed by atoms with Crippen LogP contribution in [0.15, 0.2) is 84.9 Å². The highest BCUT2D eigenvalue weighted by Gasteiger charge is 1.97. The molecule has 0 aliphatic heterocycles. The molecule has 0 atom stereocenters. The second-order valence-electron chi connectivity index (χ2n) is 4.48. The molecule has 3 aromatic rings. The maximum Gasteiger partial charge on any atom is 0.0130 e. The van der Waals surface area contributed by atoms with Gasteiger partial charge < -0.3 is 0 Å². The van der Waals surface area contributed by atoms with Crippen molar-refractivity contribution in [1.82, 2.24) is 0 Å². The Hall–Kier alpha value is -1.61. The lowest BCUT2D eigenvalue weighted by atomic mass is 10.0. The van der Waals surface area contributed by atoms with E-state index >= 15 is 0 Å². The topological polar surface area (TPSA) is 0 Å². The van der Waals surface area contributed by atoms with Crippen LogP contribution in [0.25, 0.3) is 11.1 Å². The average molecular weight is 372 g/mol. The third kappa shape index (κ3) is 4.49. The molecule has 0 nitrogen and oxygen atoms in total. The van der Waals surface area contributed by atoms with Crippen molar-refractivity contribution >= 4 is 22.6 Å². The Balaban J connectivity index is 0.000000178. The third-order valence-corrected chi connectivity index (χ3v) is 3.68. The second-order valence-corrected chi connectivity index (χ2v) is 5.72. The predicted octanol–water partition coefficient (Wildman–Crippen LogP) is 5.95. The first-order valence-electron chi connectivity index (χ1n) is 6.59. The number of aryl methyl sites for hydroxylation is 1. The lowest BCUT2D eigenvalue weighted by molar-refractivity contribution is 1.46. The van der Waals surface area contributed by atoms with E-state index in [4.69, 9.17) is 0 Å². The molecule has 3 aromatic carbocycles. The standard InChI is InChI=1S/C13H12.C6H5I/c1-11-7-5-6-10-13(11)12-8-3-2-4-9-12;7-6-4-2-1-3-5-6/h2-10H,1H3;1-5H. The lowest BCUT2D eigenvalue weighted by Crippen LogP contribution is -1.80. The van der Waals surface area contributed by atoms with Crippen LogP contribution in [-0.4, -0.2) is 0 Å². The van der Waals surface area contributed by atoms with E-state index < -0.39 is 0 Å². The fraction of sp³-hybridized carbons (Fsp3) is 0.0526. The van der Waals surface area contributed by atoms with Crippen LogP contribution in [-0.2, 0) is 0 Å². The minimum absolute atomic E-state index is 1.29. The Morgan fingerprint density at radius 3 is 1.60 bits per heavy atom. The molecule has 0 aliphatic carbocycles. The molecule has 0 bridgehead atoms. The van der Waals surface area contributed by atoms with E-state index in [0.29, 0.717) is 0 Å². The van der Waals surface area contributed by atoms with E-state index in [2.05, 4.69) is 90.2 Å². The van der Waals surface area contributed by atoms with Crippen molar-refractivity contribution < 1.29 is 0 Å². The van der Waals surface area contributed by atoms with Crippen LogP contribution in [0.4, 0.5) is 0 Å². The number of halogens is 1. The van der Waals surface area contributed by atoms with Gasteiger partial charge in [0.2, 0.25) is 0 Å². The fourth-order valence-corrected chi connectivity index (χ4v) is 2.34. The number of rotatable bonds is 1. The Bertz CT molecular complexity index is 630. The first kappa shape index (κ1) is 14.8. The van der Waals surface area contributed by atoms with E-state index in [9.17, 15) is 0 Å². The van der Waals surface area contributed by atoms with Crippen molar-refractivity contribution in [2.75, 3.05) is 0 Å². The molecule has 0 unspecified atom stereocenters. The SMILES string of the molecule is Cc1ccccc1-c1ccccc1.Ic1ccccc1. The Morgan fingerprint density at radius 2 is 1.10 bits per heavy atom. The number of hydrogen-bond donors (Lipinski definition) is 0. The lowest BCUT2D eigenvalue weighted by Gasteiger charge is -2.04. The summed E-state index contributed by atoms with van der Waals surface area (Å²) in [6.07, 6.45) is 0. The average Bonchev–Trinajstić information content (AvgIpc) is 2.50. The molecular formula is C19H17I. The Kier molecular flexibility index (Phi) is 5.81. The Labute approximate surface area is 134 Å². The van der Waals surface area contributed by atoms with Crippen molar-refractivity contribution in [2.45, 2.75) is 6.92 Å². The first-order valence-corrected chi connectivity index (χ1v) is 7.67. The van der Waals surface area contributed by atoms with Gasteiger partial charge in [0.25, 0.3) is 0 Å². The maximum atomic E-state index is 2.28. The fourth-order valence-electron chi connectivity index (χ4n) is 1.93. The molecule has 0 N–H and O–H groups in total. The van der Waals surface area contributed by atoms with Crippen LogP contribution in [0.2, 0.25) is 0 Å². The molecular weight excluding hydrogens is 355 g/mol. The van der Waals surface area contributed by atoms with Gasteiger partial charge in [0.15, 0.2) is 0 Å². The summed E-state index contributed by atoms with van der Waals surface area (Å²) in [6, 6.07) is 29.1. The van der Waals surface area contributed by atoms with E-state index in [1.54, 1.807) is 0 Å². The summed E-state index contributed by atoms with van der Waals surface area (Å²) >= 11 is 2.28. The Morgan fingerprint density at radius 1 is 0.600 bits per heavy atom. The molecule has 0 radical (unpaired) electrons. The molecule has 0 heterocycles. The highest BCUT2D eigenvalue weighted by atomic mass is 127. The molecule has 20 heavy (non-hydrogen) atoms. The van der Waals surface area contributed by atoms with Crippen LogP contribution in [0, 0.1) is 10.5 Å². The number of benzene rings is 3. The van der Waals surface area contributed by atoms with Crippen LogP contribution in [0.1, 0.15) is 5.56 Å². The second kappa shape index (κ2) is 7.85. The van der Waals surface area contributed by atoms with Gasteiger partial charge in [0.05, 0.1) is 0 Å². The molecule has 0 amide bonds.